The van der Waals surface area contributed by atoms with Crippen LogP contribution >= 0.6 is 0 Å². The van der Waals surface area contributed by atoms with E-state index in [1.807, 2.05) is 13.8 Å². The molecule has 0 bridgehead atoms. The van der Waals surface area contributed by atoms with Gasteiger partial charge in [0.2, 0.25) is 0 Å². The van der Waals surface area contributed by atoms with E-state index in [1.165, 1.54) is 6.20 Å². The van der Waals surface area contributed by atoms with Gasteiger partial charge in [0.05, 0.1) is 17.4 Å². The van der Waals surface area contributed by atoms with Gasteiger partial charge < -0.3 is 5.11 Å². The zero-order chi connectivity index (χ0) is 13.1. The van der Waals surface area contributed by atoms with Crippen LogP contribution in [0, 0.1) is 0 Å². The summed E-state index contributed by atoms with van der Waals surface area (Å²) >= 11 is 0. The van der Waals surface area contributed by atoms with E-state index in [9.17, 15) is 4.79 Å². The molecule has 0 aliphatic carbocycles. The first kappa shape index (κ1) is 12.2. The van der Waals surface area contributed by atoms with E-state index in [0.29, 0.717) is 5.69 Å². The fourth-order valence-electron chi connectivity index (χ4n) is 1.64. The van der Waals surface area contributed by atoms with E-state index in [1.54, 1.807) is 16.9 Å². The molecule has 0 radical (unpaired) electrons. The molecule has 0 aromatic carbocycles. The lowest BCUT2D eigenvalue weighted by molar-refractivity contribution is 0.0696. The van der Waals surface area contributed by atoms with E-state index in [2.05, 4.69) is 15.1 Å². The van der Waals surface area contributed by atoms with Gasteiger partial charge in [0.25, 0.3) is 0 Å². The molecule has 2 heterocycles. The Labute approximate surface area is 104 Å². The van der Waals surface area contributed by atoms with Crippen LogP contribution < -0.4 is 0 Å². The molecule has 0 amide bonds. The smallest absolute Gasteiger partial charge is 0.337 e. The molecule has 0 spiro atoms. The highest BCUT2D eigenvalue weighted by atomic mass is 16.4. The van der Waals surface area contributed by atoms with Crippen LogP contribution in [-0.4, -0.2) is 30.8 Å². The maximum Gasteiger partial charge on any atom is 0.337 e. The van der Waals surface area contributed by atoms with Crippen LogP contribution in [0.3, 0.4) is 0 Å². The van der Waals surface area contributed by atoms with Crippen molar-refractivity contribution in [2.75, 3.05) is 0 Å². The summed E-state index contributed by atoms with van der Waals surface area (Å²) in [7, 11) is 0. The van der Waals surface area contributed by atoms with E-state index in [0.717, 1.165) is 24.5 Å². The Hall–Kier alpha value is -2.24. The summed E-state index contributed by atoms with van der Waals surface area (Å²) in [6.07, 6.45) is 4.37. The molecule has 6 heteroatoms. The molecule has 0 saturated heterocycles. The molecular weight excluding hydrogens is 232 g/mol. The zero-order valence-corrected chi connectivity index (χ0v) is 10.3. The largest absolute Gasteiger partial charge is 0.478 e. The van der Waals surface area contributed by atoms with E-state index < -0.39 is 5.97 Å². The van der Waals surface area contributed by atoms with E-state index >= 15 is 0 Å². The third-order valence-corrected chi connectivity index (χ3v) is 2.57. The molecule has 0 aliphatic heterocycles. The molecule has 2 aromatic rings. The quantitative estimate of drug-likeness (QED) is 0.883. The van der Waals surface area contributed by atoms with Crippen molar-refractivity contribution >= 4 is 5.97 Å². The van der Waals surface area contributed by atoms with Gasteiger partial charge in [-0.05, 0) is 6.07 Å². The highest BCUT2D eigenvalue weighted by Crippen LogP contribution is 2.12. The van der Waals surface area contributed by atoms with Gasteiger partial charge in [0.1, 0.15) is 5.82 Å². The number of hydrogen-bond donors (Lipinski definition) is 1. The summed E-state index contributed by atoms with van der Waals surface area (Å²) < 4.78 is 1.65. The molecule has 2 aromatic heterocycles. The van der Waals surface area contributed by atoms with Crippen LogP contribution in [0.2, 0.25) is 0 Å². The SMILES string of the molecule is CCc1nc(CC)n(-c2cncc(C(=O)O)c2)n1. The van der Waals surface area contributed by atoms with Crippen molar-refractivity contribution in [1.29, 1.82) is 0 Å². The van der Waals surface area contributed by atoms with E-state index in [-0.39, 0.29) is 5.56 Å². The van der Waals surface area contributed by atoms with Crippen molar-refractivity contribution in [3.8, 4) is 5.69 Å². The topological polar surface area (TPSA) is 80.9 Å². The Bertz CT molecular complexity index is 577. The molecule has 18 heavy (non-hydrogen) atoms. The maximum atomic E-state index is 10.9. The molecule has 0 unspecified atom stereocenters. The highest BCUT2D eigenvalue weighted by Gasteiger charge is 2.11. The molecule has 0 saturated carbocycles. The second-order valence-corrected chi connectivity index (χ2v) is 3.80. The van der Waals surface area contributed by atoms with Crippen LogP contribution in [0.1, 0.15) is 35.9 Å². The molecule has 94 valence electrons. The minimum atomic E-state index is -1.00. The number of carbonyl (C=O) groups is 1. The van der Waals surface area contributed by atoms with Crippen molar-refractivity contribution < 1.29 is 9.90 Å². The lowest BCUT2D eigenvalue weighted by Gasteiger charge is -2.04. The van der Waals surface area contributed by atoms with Crippen LogP contribution in [0.15, 0.2) is 18.5 Å². The average molecular weight is 246 g/mol. The van der Waals surface area contributed by atoms with Crippen molar-refractivity contribution in [3.63, 3.8) is 0 Å². The van der Waals surface area contributed by atoms with Gasteiger partial charge in [-0.15, -0.1) is 0 Å². The summed E-state index contributed by atoms with van der Waals surface area (Å²) in [6, 6.07) is 1.54. The van der Waals surface area contributed by atoms with Crippen molar-refractivity contribution in [1.82, 2.24) is 19.7 Å². The molecule has 0 aliphatic rings. The monoisotopic (exact) mass is 246 g/mol. The summed E-state index contributed by atoms with van der Waals surface area (Å²) in [5, 5.41) is 13.3. The number of hydrogen-bond acceptors (Lipinski definition) is 4. The normalized spacial score (nSPS) is 10.6. The van der Waals surface area contributed by atoms with Gasteiger partial charge in [0, 0.05) is 19.0 Å². The van der Waals surface area contributed by atoms with Crippen molar-refractivity contribution in [3.05, 3.63) is 35.7 Å². The summed E-state index contributed by atoms with van der Waals surface area (Å²) in [4.78, 5) is 19.2. The fourth-order valence-corrected chi connectivity index (χ4v) is 1.64. The number of carboxylic acids is 1. The lowest BCUT2D eigenvalue weighted by atomic mass is 10.2. The summed E-state index contributed by atoms with van der Waals surface area (Å²) in [5.41, 5.74) is 0.766. The molecule has 6 nitrogen and oxygen atoms in total. The molecule has 2 rings (SSSR count). The Morgan fingerprint density at radius 1 is 1.33 bits per heavy atom. The number of aromatic carboxylic acids is 1. The van der Waals surface area contributed by atoms with Crippen LogP contribution in [0.25, 0.3) is 5.69 Å². The Kier molecular flexibility index (Phi) is 3.36. The van der Waals surface area contributed by atoms with Gasteiger partial charge in [-0.2, -0.15) is 5.10 Å². The predicted molar refractivity (Wildman–Crippen MR) is 64.9 cm³/mol. The Morgan fingerprint density at radius 2 is 2.11 bits per heavy atom. The van der Waals surface area contributed by atoms with Crippen LogP contribution in [0.4, 0.5) is 0 Å². The number of aromatic nitrogens is 4. The average Bonchev–Trinajstić information content (AvgIpc) is 2.82. The van der Waals surface area contributed by atoms with Gasteiger partial charge in [0.15, 0.2) is 5.82 Å². The standard InChI is InChI=1S/C12H14N4O2/c1-3-10-14-11(4-2)16(15-10)9-5-8(12(17)18)6-13-7-9/h5-7H,3-4H2,1-2H3,(H,17,18). The first-order valence-electron chi connectivity index (χ1n) is 5.79. The second kappa shape index (κ2) is 4.95. The van der Waals surface area contributed by atoms with E-state index in [4.69, 9.17) is 5.11 Å². The second-order valence-electron chi connectivity index (χ2n) is 3.80. The third-order valence-electron chi connectivity index (χ3n) is 2.57. The minimum Gasteiger partial charge on any atom is -0.478 e. The predicted octanol–water partition coefficient (Wildman–Crippen LogP) is 1.49. The highest BCUT2D eigenvalue weighted by molar-refractivity contribution is 5.87. The Balaban J connectivity index is 2.50. The Morgan fingerprint density at radius 3 is 2.72 bits per heavy atom. The van der Waals surface area contributed by atoms with Gasteiger partial charge >= 0.3 is 5.97 Å². The maximum absolute atomic E-state index is 10.9. The summed E-state index contributed by atoms with van der Waals surface area (Å²) in [6.45, 7) is 3.96. The molecule has 0 fully saturated rings. The number of rotatable bonds is 4. The lowest BCUT2D eigenvalue weighted by Crippen LogP contribution is -2.05. The van der Waals surface area contributed by atoms with Crippen LogP contribution in [0.5, 0.6) is 0 Å². The van der Waals surface area contributed by atoms with Crippen molar-refractivity contribution in [2.45, 2.75) is 26.7 Å². The van der Waals surface area contributed by atoms with Crippen LogP contribution in [-0.2, 0) is 12.8 Å². The molecular formula is C12H14N4O2. The third kappa shape index (κ3) is 2.22. The number of carboxylic acid groups (broad SMARTS) is 1. The van der Waals surface area contributed by atoms with Gasteiger partial charge in [-0.25, -0.2) is 14.5 Å². The van der Waals surface area contributed by atoms with Crippen molar-refractivity contribution in [2.24, 2.45) is 0 Å². The minimum absolute atomic E-state index is 0.142. The van der Waals surface area contributed by atoms with Gasteiger partial charge in [-0.3, -0.25) is 4.98 Å². The fraction of sp³-hybridized carbons (Fsp3) is 0.333. The first-order chi connectivity index (χ1) is 8.65. The summed E-state index contributed by atoms with van der Waals surface area (Å²) in [5.74, 6) is 0.544. The number of aryl methyl sites for hydroxylation is 2. The molecule has 1 N–H and O–H groups in total. The zero-order valence-electron chi connectivity index (χ0n) is 10.3. The number of nitrogens with zero attached hydrogens (tertiary/aromatic N) is 4. The number of pyridine rings is 1. The molecule has 0 atom stereocenters. The van der Waals surface area contributed by atoms with Gasteiger partial charge in [-0.1, -0.05) is 13.8 Å². The first-order valence-corrected chi connectivity index (χ1v) is 5.79.